The van der Waals surface area contributed by atoms with Gasteiger partial charge in [0.05, 0.1) is 0 Å². The van der Waals surface area contributed by atoms with Gasteiger partial charge in [0, 0.05) is 92.4 Å². The first-order chi connectivity index (χ1) is 67.2. The first kappa shape index (κ1) is 93.4. The van der Waals surface area contributed by atoms with Crippen LogP contribution < -0.4 is 18.9 Å². The molecular weight excluding hydrogens is 1790 g/mol. The number of aromatic hydroxyl groups is 8. The summed E-state index contributed by atoms with van der Waals surface area (Å²) in [4.78, 5) is 108. The lowest BCUT2D eigenvalue weighted by atomic mass is 9.50. The Labute approximate surface area is 810 Å². The van der Waals surface area contributed by atoms with E-state index < -0.39 is 193 Å². The van der Waals surface area contributed by atoms with Crippen LogP contribution in [0.3, 0.4) is 0 Å². The van der Waals surface area contributed by atoms with Crippen LogP contribution in [-0.2, 0) is 76.3 Å². The Hall–Kier alpha value is -12.9. The summed E-state index contributed by atoms with van der Waals surface area (Å²) in [5, 5.41) is 103. The van der Waals surface area contributed by atoms with E-state index in [9.17, 15) is 79.2 Å². The van der Waals surface area contributed by atoms with Crippen molar-refractivity contribution in [2.45, 2.75) is 202 Å². The monoisotopic (exact) mass is 1910 g/mol. The first-order valence-electron chi connectivity index (χ1n) is 49.8. The Kier molecular flexibility index (Phi) is 24.7. The van der Waals surface area contributed by atoms with Gasteiger partial charge in [-0.3, -0.25) is 0 Å². The molecule has 16 saturated carbocycles. The minimum atomic E-state index is -1.38. The lowest BCUT2D eigenvalue weighted by molar-refractivity contribution is -0.207. The predicted molar refractivity (Wildman–Crippen MR) is 501 cm³/mol. The van der Waals surface area contributed by atoms with E-state index in [0.717, 1.165) is 127 Å². The molecule has 8 aromatic carbocycles. The molecule has 0 radical (unpaired) electrons. The van der Waals surface area contributed by atoms with Gasteiger partial charge >= 0.3 is 47.8 Å². The van der Waals surface area contributed by atoms with Gasteiger partial charge in [0.1, 0.15) is 91.4 Å². The van der Waals surface area contributed by atoms with Crippen molar-refractivity contribution in [1.29, 1.82) is 0 Å². The summed E-state index contributed by atoms with van der Waals surface area (Å²) in [5.74, 6) is -8.67. The van der Waals surface area contributed by atoms with E-state index in [1.807, 2.05) is 27.7 Å². The van der Waals surface area contributed by atoms with Crippen LogP contribution in [0.1, 0.15) is 247 Å². The zero-order chi connectivity index (χ0) is 97.3. The fraction of sp³-hybridized carbons (Fsp3) is 0.500. The number of rotatable bonds is 28. The highest BCUT2D eigenvalue weighted by atomic mass is 16.6. The van der Waals surface area contributed by atoms with E-state index in [0.29, 0.717) is 69.6 Å². The molecule has 0 amide bonds. The number of hydrogen-bond acceptors (Lipinski definition) is 28. The number of ether oxygens (including phenoxy) is 12. The van der Waals surface area contributed by atoms with Gasteiger partial charge < -0.3 is 97.7 Å². The molecule has 140 heavy (non-hydrogen) atoms. The molecule has 8 aromatic rings. The molecule has 28 heteroatoms. The highest BCUT2D eigenvalue weighted by Crippen LogP contribution is 2.65. The molecule has 736 valence electrons. The van der Waals surface area contributed by atoms with Gasteiger partial charge in [-0.15, -0.1) is 0 Å². The zero-order valence-corrected chi connectivity index (χ0v) is 78.9. The summed E-state index contributed by atoms with van der Waals surface area (Å²) >= 11 is 0. The molecule has 0 aromatic heterocycles. The van der Waals surface area contributed by atoms with Crippen molar-refractivity contribution in [3.8, 4) is 69.0 Å². The summed E-state index contributed by atoms with van der Waals surface area (Å²) in [5.41, 5.74) is -1.70. The van der Waals surface area contributed by atoms with Gasteiger partial charge in [0.15, 0.2) is 52.9 Å². The van der Waals surface area contributed by atoms with Gasteiger partial charge in [0.25, 0.3) is 0 Å². The fourth-order valence-electron chi connectivity index (χ4n) is 29.0. The Morgan fingerprint density at radius 1 is 0.214 bits per heavy atom. The number of benzene rings is 8. The quantitative estimate of drug-likeness (QED) is 0.0167. The molecule has 17 aliphatic rings. The number of fused-ring (bicyclic) bond motifs is 8. The molecule has 0 spiro atoms. The van der Waals surface area contributed by atoms with Crippen LogP contribution in [-0.4, -0.2) is 164 Å². The smallest absolute Gasteiger partial charge is 0.344 e. The van der Waals surface area contributed by atoms with E-state index in [1.54, 1.807) is 48.5 Å². The van der Waals surface area contributed by atoms with Crippen LogP contribution in [0.5, 0.6) is 69.0 Å². The fourth-order valence-corrected chi connectivity index (χ4v) is 29.0. The topological polar surface area (TPSA) is 409 Å². The van der Waals surface area contributed by atoms with Crippen molar-refractivity contribution >= 4 is 47.8 Å². The summed E-state index contributed by atoms with van der Waals surface area (Å²) in [6.07, 6.45) is 20.7. The van der Waals surface area contributed by atoms with Crippen LogP contribution in [0.4, 0.5) is 0 Å². The van der Waals surface area contributed by atoms with Gasteiger partial charge in [-0.1, -0.05) is 48.5 Å². The molecule has 17 aliphatic carbocycles. The number of phenols is 8. The third-order valence-electron chi connectivity index (χ3n) is 35.2. The molecule has 16 fully saturated rings. The van der Waals surface area contributed by atoms with Crippen molar-refractivity contribution in [1.82, 2.24) is 0 Å². The second-order valence-corrected chi connectivity index (χ2v) is 43.5. The average molecular weight is 1910 g/mol. The molecule has 24 bridgehead atoms. The van der Waals surface area contributed by atoms with E-state index in [-0.39, 0.29) is 115 Å². The van der Waals surface area contributed by atoms with Crippen LogP contribution in [0, 0.1) is 94.7 Å². The maximum Gasteiger partial charge on any atom is 0.344 e. The molecule has 8 N–H and O–H groups in total. The van der Waals surface area contributed by atoms with Crippen LogP contribution >= 0.6 is 0 Å². The molecular formula is C112H120O28. The summed E-state index contributed by atoms with van der Waals surface area (Å²) in [6, 6.07) is 34.9. The first-order valence-corrected chi connectivity index (χ1v) is 49.8. The number of carbonyl (C=O) groups excluding carboxylic acids is 8. The Morgan fingerprint density at radius 3 is 0.514 bits per heavy atom. The Bertz CT molecular complexity index is 5200. The number of phenolic OH excluding ortho intramolecular Hbond substituents is 8. The summed E-state index contributed by atoms with van der Waals surface area (Å²) < 4.78 is 70.5. The third kappa shape index (κ3) is 18.0. The molecule has 0 aliphatic heterocycles. The maximum atomic E-state index is 13.5. The average Bonchev–Trinajstić information content (AvgIpc) is 0.742. The lowest BCUT2D eigenvalue weighted by Crippen LogP contribution is -2.58. The standard InChI is InChI=1S/C112H120O28/c1-109(69-25-57-21-58(27-69)28-70(109)26-57)137-101(125)53-133-97(121)49-129-77-13-5-65(6-14-77)105-81-41-83(91(115)45-89(81)113)106(66-7-15-78(16-8-66)130-50-98(122)134-54-102(126)138-110(2)71-29-59-22-60(31-71)32-72(110)30-59)85-43-87(95(119)47-93(85)117)108(68-11-19-80(20-12-68)132-52-100(124)136-56-104(128)140-112(4)75-37-63-24-64(39-75)40-76(112)38-63)88-44-86(94(118)48-96(88)120)107(84-42-82(105)90(114)46-92(84)116)67-9-17-79(18-10-67)131-51-99(123)135-55-103(127)139-111(3)73-33-61-23-62(35-73)36-74(111)34-61/h5-20,41-48,57-64,69-76,105-108,113-120H,21-40,49-56H2,1-4H3. The Morgan fingerprint density at radius 2 is 0.364 bits per heavy atom. The van der Waals surface area contributed by atoms with Crippen molar-refractivity contribution in [2.75, 3.05) is 52.9 Å². The van der Waals surface area contributed by atoms with Gasteiger partial charge in [0.2, 0.25) is 0 Å². The number of esters is 8. The zero-order valence-electron chi connectivity index (χ0n) is 78.9. The molecule has 0 unspecified atom stereocenters. The van der Waals surface area contributed by atoms with Gasteiger partial charge in [-0.25, -0.2) is 38.4 Å². The van der Waals surface area contributed by atoms with Crippen molar-refractivity contribution in [2.24, 2.45) is 94.7 Å². The van der Waals surface area contributed by atoms with E-state index >= 15 is 0 Å². The van der Waals surface area contributed by atoms with Crippen LogP contribution in [0.2, 0.25) is 0 Å². The van der Waals surface area contributed by atoms with Crippen molar-refractivity contribution < 1.29 is 136 Å². The number of carbonyl (C=O) groups is 8. The van der Waals surface area contributed by atoms with Gasteiger partial charge in [-0.05, 0) is 346 Å². The van der Waals surface area contributed by atoms with Crippen LogP contribution in [0.15, 0.2) is 146 Å². The van der Waals surface area contributed by atoms with Crippen molar-refractivity contribution in [3.05, 3.63) is 212 Å². The summed E-state index contributed by atoms with van der Waals surface area (Å²) in [6.45, 7) is 2.86. The molecule has 0 atom stereocenters. The van der Waals surface area contributed by atoms with Gasteiger partial charge in [-0.2, -0.15) is 0 Å². The second kappa shape index (κ2) is 37.0. The Balaban J connectivity index is 0.618. The SMILES string of the molecule is CC1(OC(=O)COC(=O)COc2ccc(C3c4cc(c(O)cc4O)C(c4ccc(OCC(=O)OCC(=O)OC5(C)C6CC7CC(C6)CC5C7)cc4)c4cc(c(O)cc4O)C(c4ccc(OCC(=O)OCC(=O)OC5(C)C6CC7CC(C6)CC5C7)cc4)c4cc(c(O)cc4O)C(c4ccc(OCC(=O)OCC(=O)OC5(C)C6CC7CC(C6)CC5C7)cc4)c4cc3c(O)cc4O)cc2)C2CC3CC(C2)CC1C3. The molecule has 25 rings (SSSR count). The summed E-state index contributed by atoms with van der Waals surface area (Å²) in [7, 11) is 0. The van der Waals surface area contributed by atoms with Crippen LogP contribution in [0.25, 0.3) is 0 Å². The minimum Gasteiger partial charge on any atom is -0.507 e. The molecule has 0 saturated heterocycles. The minimum absolute atomic E-state index is 0.0281. The highest BCUT2D eigenvalue weighted by Gasteiger charge is 2.62. The van der Waals surface area contributed by atoms with E-state index in [2.05, 4.69) is 0 Å². The largest absolute Gasteiger partial charge is 0.507 e. The maximum absolute atomic E-state index is 13.5. The second-order valence-electron chi connectivity index (χ2n) is 43.5. The van der Waals surface area contributed by atoms with E-state index in [1.165, 1.54) is 98.5 Å². The van der Waals surface area contributed by atoms with E-state index in [4.69, 9.17) is 56.8 Å². The molecule has 28 nitrogen and oxygen atoms in total. The number of hydrogen-bond donors (Lipinski definition) is 8. The normalized spacial score (nSPS) is 31.5. The van der Waals surface area contributed by atoms with Crippen molar-refractivity contribution in [3.63, 3.8) is 0 Å². The predicted octanol–water partition coefficient (Wildman–Crippen LogP) is 17.1. The lowest BCUT2D eigenvalue weighted by Gasteiger charge is -2.59. The highest BCUT2D eigenvalue weighted by molar-refractivity contribution is 5.81. The third-order valence-corrected chi connectivity index (χ3v) is 35.2. The molecule has 0 heterocycles.